The minimum absolute atomic E-state index is 0.144. The number of Topliss-reactive ketones (excluding diaryl/α,β-unsaturated/α-hetero) is 2. The summed E-state index contributed by atoms with van der Waals surface area (Å²) in [6, 6.07) is 0. The molecule has 1 saturated carbocycles. The average molecular weight is 511 g/mol. The van der Waals surface area contributed by atoms with Crippen molar-refractivity contribution in [3.8, 4) is 0 Å². The van der Waals surface area contributed by atoms with Gasteiger partial charge in [0.1, 0.15) is 23.4 Å². The standard InChI is InChI=1S/C30H38O7/c1-15-10-26-23(9-8-20(15)7-6-17(3)31)29(28(34)37-26)13-21-12-22-18(4)27(33)36-25(22)11-16(2)30(21,35)14-24(29)19(5)32/h8,14-16,21-23,25-26,35H,4,6-7,9-13H2,1-3,5H3/t15-,16+,21+,22-,23-,25-,26+,29+,30+/m1/s1. The van der Waals surface area contributed by atoms with Gasteiger partial charge in [0.05, 0.1) is 5.60 Å². The quantitative estimate of drug-likeness (QED) is 0.346. The number of hydrogen-bond acceptors (Lipinski definition) is 7. The summed E-state index contributed by atoms with van der Waals surface area (Å²) in [5.74, 6) is -1.80. The summed E-state index contributed by atoms with van der Waals surface area (Å²) in [5, 5.41) is 12.1. The fourth-order valence-corrected chi connectivity index (χ4v) is 7.95. The third-order valence-electron chi connectivity index (χ3n) is 10.1. The molecule has 0 bridgehead atoms. The van der Waals surface area contributed by atoms with Crippen molar-refractivity contribution in [2.45, 2.75) is 90.4 Å². The smallest absolute Gasteiger partial charge is 0.334 e. The Bertz CT molecular complexity index is 1130. The Labute approximate surface area is 218 Å². The van der Waals surface area contributed by atoms with Gasteiger partial charge < -0.3 is 19.4 Å². The molecule has 2 heterocycles. The first-order valence-electron chi connectivity index (χ1n) is 13.6. The highest BCUT2D eigenvalue weighted by Gasteiger charge is 2.66. The second-order valence-electron chi connectivity index (χ2n) is 12.2. The molecule has 7 heteroatoms. The van der Waals surface area contributed by atoms with E-state index in [2.05, 4.69) is 19.6 Å². The second-order valence-corrected chi connectivity index (χ2v) is 12.2. The molecule has 0 aromatic carbocycles. The summed E-state index contributed by atoms with van der Waals surface area (Å²) in [6.07, 6.45) is 6.70. The van der Waals surface area contributed by atoms with Gasteiger partial charge in [-0.2, -0.15) is 0 Å². The highest BCUT2D eigenvalue weighted by atomic mass is 16.6. The molecule has 200 valence electrons. The summed E-state index contributed by atoms with van der Waals surface area (Å²) < 4.78 is 11.6. The normalized spacial score (nSPS) is 42.9. The van der Waals surface area contributed by atoms with Crippen LogP contribution in [0.4, 0.5) is 0 Å². The maximum absolute atomic E-state index is 13.8. The van der Waals surface area contributed by atoms with Crippen molar-refractivity contribution in [2.75, 3.05) is 0 Å². The van der Waals surface area contributed by atoms with Crippen LogP contribution in [0.3, 0.4) is 0 Å². The molecule has 0 aromatic heterocycles. The number of allylic oxidation sites excluding steroid dienone is 2. The molecule has 3 aliphatic carbocycles. The Morgan fingerprint density at radius 3 is 2.51 bits per heavy atom. The first-order chi connectivity index (χ1) is 17.4. The predicted molar refractivity (Wildman–Crippen MR) is 135 cm³/mol. The fraction of sp³-hybridized carbons (Fsp3) is 0.667. The fourth-order valence-electron chi connectivity index (χ4n) is 7.95. The van der Waals surface area contributed by atoms with Crippen LogP contribution in [-0.2, 0) is 28.7 Å². The molecule has 1 spiro atoms. The van der Waals surface area contributed by atoms with Gasteiger partial charge in [-0.15, -0.1) is 0 Å². The Hall–Kier alpha value is -2.54. The van der Waals surface area contributed by atoms with E-state index in [0.29, 0.717) is 49.7 Å². The molecule has 0 unspecified atom stereocenters. The summed E-state index contributed by atoms with van der Waals surface area (Å²) in [4.78, 5) is 50.8. The second kappa shape index (κ2) is 9.04. The minimum Gasteiger partial charge on any atom is -0.461 e. The molecule has 9 atom stereocenters. The predicted octanol–water partition coefficient (Wildman–Crippen LogP) is 4.03. The van der Waals surface area contributed by atoms with E-state index in [1.54, 1.807) is 13.0 Å². The van der Waals surface area contributed by atoms with Gasteiger partial charge in [-0.1, -0.05) is 32.1 Å². The van der Waals surface area contributed by atoms with Gasteiger partial charge in [-0.3, -0.25) is 9.59 Å². The monoisotopic (exact) mass is 510 g/mol. The Morgan fingerprint density at radius 2 is 1.84 bits per heavy atom. The Kier molecular flexibility index (Phi) is 6.37. The first kappa shape index (κ1) is 26.1. The van der Waals surface area contributed by atoms with E-state index in [1.807, 2.05) is 6.92 Å². The molecule has 0 amide bonds. The van der Waals surface area contributed by atoms with Crippen LogP contribution >= 0.6 is 0 Å². The molecule has 37 heavy (non-hydrogen) atoms. The molecule has 0 radical (unpaired) electrons. The molecule has 2 saturated heterocycles. The van der Waals surface area contributed by atoms with Gasteiger partial charge in [-0.25, -0.2) is 4.79 Å². The highest BCUT2D eigenvalue weighted by Crippen LogP contribution is 2.61. The summed E-state index contributed by atoms with van der Waals surface area (Å²) >= 11 is 0. The van der Waals surface area contributed by atoms with Gasteiger partial charge in [0.2, 0.25) is 0 Å². The number of hydrogen-bond donors (Lipinski definition) is 1. The van der Waals surface area contributed by atoms with Gasteiger partial charge in [-0.05, 0) is 76.2 Å². The molecule has 7 nitrogen and oxygen atoms in total. The number of fused-ring (bicyclic) bond motifs is 4. The van der Waals surface area contributed by atoms with E-state index in [-0.39, 0.29) is 71.7 Å². The lowest BCUT2D eigenvalue weighted by Gasteiger charge is -2.48. The SMILES string of the molecule is C=C1C(=O)O[C@@H]2C[C@H](C)[C@@]3(O)C=C(C(C)=O)[C@@]4(C[C@@H]3C[C@H]12)C(=O)O[C@H]1C[C@@H](C)C(CCC(C)=O)=CC[C@H]14. The van der Waals surface area contributed by atoms with Gasteiger partial charge in [0.15, 0.2) is 5.78 Å². The van der Waals surface area contributed by atoms with Gasteiger partial charge >= 0.3 is 11.9 Å². The molecule has 1 N–H and O–H groups in total. The number of esters is 2. The van der Waals surface area contributed by atoms with Crippen molar-refractivity contribution in [3.63, 3.8) is 0 Å². The van der Waals surface area contributed by atoms with E-state index in [1.165, 1.54) is 12.5 Å². The summed E-state index contributed by atoms with van der Waals surface area (Å²) in [7, 11) is 0. The van der Waals surface area contributed by atoms with Crippen molar-refractivity contribution in [1.82, 2.24) is 0 Å². The van der Waals surface area contributed by atoms with Crippen molar-refractivity contribution >= 4 is 23.5 Å². The number of rotatable bonds is 4. The lowest BCUT2D eigenvalue weighted by atomic mass is 9.54. The van der Waals surface area contributed by atoms with Crippen molar-refractivity contribution < 1.29 is 33.8 Å². The molecule has 5 rings (SSSR count). The number of aliphatic hydroxyl groups is 1. The lowest BCUT2D eigenvalue weighted by molar-refractivity contribution is -0.151. The van der Waals surface area contributed by atoms with Gasteiger partial charge in [0.25, 0.3) is 0 Å². The van der Waals surface area contributed by atoms with Crippen molar-refractivity contribution in [1.29, 1.82) is 0 Å². The molecule has 0 aromatic rings. The van der Waals surface area contributed by atoms with Crippen LogP contribution in [0.1, 0.15) is 72.6 Å². The molecule has 2 aliphatic heterocycles. The minimum atomic E-state index is -1.30. The zero-order chi connectivity index (χ0) is 26.9. The van der Waals surface area contributed by atoms with Gasteiger partial charge in [0, 0.05) is 29.4 Å². The topological polar surface area (TPSA) is 107 Å². The van der Waals surface area contributed by atoms with Crippen molar-refractivity contribution in [3.05, 3.63) is 35.5 Å². The molecule has 3 fully saturated rings. The van der Waals surface area contributed by atoms with Crippen LogP contribution in [0, 0.1) is 35.0 Å². The number of ketones is 2. The van der Waals surface area contributed by atoms with Crippen LogP contribution in [0.25, 0.3) is 0 Å². The van der Waals surface area contributed by atoms with Crippen LogP contribution in [-0.4, -0.2) is 46.4 Å². The van der Waals surface area contributed by atoms with Crippen LogP contribution in [0.15, 0.2) is 35.5 Å². The molecule has 5 aliphatic rings. The highest BCUT2D eigenvalue weighted by molar-refractivity contribution is 6.03. The molecular formula is C30H38O7. The van der Waals surface area contributed by atoms with E-state index >= 15 is 0 Å². The molecular weight excluding hydrogens is 472 g/mol. The third kappa shape index (κ3) is 3.96. The van der Waals surface area contributed by atoms with E-state index < -0.39 is 11.0 Å². The zero-order valence-electron chi connectivity index (χ0n) is 22.2. The Morgan fingerprint density at radius 1 is 1.11 bits per heavy atom. The largest absolute Gasteiger partial charge is 0.461 e. The maximum Gasteiger partial charge on any atom is 0.334 e. The van der Waals surface area contributed by atoms with E-state index in [4.69, 9.17) is 9.47 Å². The summed E-state index contributed by atoms with van der Waals surface area (Å²) in [5.41, 5.74) is -0.483. The van der Waals surface area contributed by atoms with Crippen LogP contribution in [0.5, 0.6) is 0 Å². The maximum atomic E-state index is 13.8. The van der Waals surface area contributed by atoms with Crippen molar-refractivity contribution in [2.24, 2.45) is 35.0 Å². The zero-order valence-corrected chi connectivity index (χ0v) is 22.2. The van der Waals surface area contributed by atoms with Crippen LogP contribution < -0.4 is 0 Å². The number of carbonyl (C=O) groups is 4. The average Bonchev–Trinajstić information content (AvgIpc) is 3.09. The van der Waals surface area contributed by atoms with E-state index in [9.17, 15) is 24.3 Å². The van der Waals surface area contributed by atoms with Crippen LogP contribution in [0.2, 0.25) is 0 Å². The lowest BCUT2D eigenvalue weighted by Crippen LogP contribution is -2.53. The Balaban J connectivity index is 1.57. The number of ether oxygens (including phenoxy) is 2. The number of carbonyl (C=O) groups excluding carboxylic acids is 4. The third-order valence-corrected chi connectivity index (χ3v) is 10.1. The first-order valence-corrected chi connectivity index (χ1v) is 13.6. The summed E-state index contributed by atoms with van der Waals surface area (Å²) in [6.45, 7) is 11.0. The van der Waals surface area contributed by atoms with E-state index in [0.717, 1.165) is 0 Å².